The summed E-state index contributed by atoms with van der Waals surface area (Å²) in [5, 5.41) is 30.6. The number of aliphatic hydroxyl groups excluding tert-OH is 1. The van der Waals surface area contributed by atoms with Crippen molar-refractivity contribution >= 4 is 23.6 Å². The van der Waals surface area contributed by atoms with Crippen LogP contribution in [0, 0.1) is 11.8 Å². The summed E-state index contributed by atoms with van der Waals surface area (Å²) in [6, 6.07) is 6.54. The number of pyridine rings is 1. The number of amides is 4. The summed E-state index contributed by atoms with van der Waals surface area (Å²) in [6.45, 7) is 8.37. The number of carbonyl (C=O) groups is 4. The lowest BCUT2D eigenvalue weighted by Gasteiger charge is -2.29. The first-order valence-corrected chi connectivity index (χ1v) is 13.0. The second-order valence-corrected chi connectivity index (χ2v) is 9.93. The highest BCUT2D eigenvalue weighted by Gasteiger charge is 2.33. The fourth-order valence-electron chi connectivity index (χ4n) is 3.72. The summed E-state index contributed by atoms with van der Waals surface area (Å²) in [4.78, 5) is 55.9. The zero-order valence-electron chi connectivity index (χ0n) is 23.0. The lowest BCUT2D eigenvalue weighted by molar-refractivity contribution is -0.134. The first-order valence-electron chi connectivity index (χ1n) is 13.0. The van der Waals surface area contributed by atoms with Gasteiger partial charge >= 0.3 is 0 Å². The molecule has 0 aliphatic carbocycles. The van der Waals surface area contributed by atoms with Crippen molar-refractivity contribution in [2.45, 2.75) is 65.3 Å². The van der Waals surface area contributed by atoms with E-state index in [1.165, 1.54) is 19.1 Å². The third-order valence-corrected chi connectivity index (χ3v) is 6.41. The molecule has 1 aromatic heterocycles. The maximum atomic E-state index is 13.2. The van der Waals surface area contributed by atoms with E-state index >= 15 is 0 Å². The van der Waals surface area contributed by atoms with Crippen LogP contribution in [-0.2, 0) is 20.8 Å². The molecule has 0 saturated heterocycles. The number of nitrogens with zero attached hydrogens (tertiary/aromatic N) is 1. The van der Waals surface area contributed by atoms with Crippen LogP contribution < -0.4 is 21.3 Å². The minimum Gasteiger partial charge on any atom is -0.507 e. The summed E-state index contributed by atoms with van der Waals surface area (Å²) >= 11 is 0. The standard InChI is InChI=1S/C28H39N5O6/c1-16(2)23(32-25(36)17(3)19(5)34)28(39)31-18(4)24(33-26(37)21-10-6-7-11-22(21)35)27(38)30-14-12-20-9-8-13-29-15-20/h6-11,13,15-19,23-24,34-35H,12,14H2,1-5H3,(H,30,38)(H,31,39)(H,32,36)(H,33,37). The predicted molar refractivity (Wildman–Crippen MR) is 146 cm³/mol. The largest absolute Gasteiger partial charge is 0.507 e. The fraction of sp³-hybridized carbons (Fsp3) is 0.464. The van der Waals surface area contributed by atoms with Gasteiger partial charge in [-0.2, -0.15) is 0 Å². The van der Waals surface area contributed by atoms with E-state index in [1.54, 1.807) is 58.3 Å². The van der Waals surface area contributed by atoms with E-state index in [9.17, 15) is 29.4 Å². The number of benzene rings is 1. The number of phenolic OH excluding ortho intramolecular Hbond substituents is 1. The molecule has 11 nitrogen and oxygen atoms in total. The molecular formula is C28H39N5O6. The van der Waals surface area contributed by atoms with E-state index < -0.39 is 53.8 Å². The lowest BCUT2D eigenvalue weighted by Crippen LogP contribution is -2.61. The molecule has 1 aromatic carbocycles. The molecule has 11 heteroatoms. The van der Waals surface area contributed by atoms with Crippen molar-refractivity contribution in [3.63, 3.8) is 0 Å². The molecule has 0 saturated carbocycles. The minimum atomic E-state index is -1.20. The van der Waals surface area contributed by atoms with Crippen LogP contribution in [0.2, 0.25) is 0 Å². The van der Waals surface area contributed by atoms with Crippen molar-refractivity contribution in [1.82, 2.24) is 26.3 Å². The molecule has 5 unspecified atom stereocenters. The first kappa shape index (κ1) is 31.2. The van der Waals surface area contributed by atoms with Crippen LogP contribution >= 0.6 is 0 Å². The molecule has 0 spiro atoms. The number of phenols is 1. The number of hydrogen-bond donors (Lipinski definition) is 6. The Morgan fingerprint density at radius 3 is 2.13 bits per heavy atom. The van der Waals surface area contributed by atoms with E-state index in [4.69, 9.17) is 0 Å². The second kappa shape index (κ2) is 14.8. The summed E-state index contributed by atoms with van der Waals surface area (Å²) < 4.78 is 0. The third kappa shape index (κ3) is 9.36. The molecule has 0 aliphatic heterocycles. The number of aromatic nitrogens is 1. The topological polar surface area (TPSA) is 170 Å². The summed E-state index contributed by atoms with van der Waals surface area (Å²) in [5.41, 5.74) is 0.888. The zero-order valence-corrected chi connectivity index (χ0v) is 23.0. The summed E-state index contributed by atoms with van der Waals surface area (Å²) in [6.07, 6.45) is 2.94. The smallest absolute Gasteiger partial charge is 0.255 e. The van der Waals surface area contributed by atoms with Crippen LogP contribution in [0.25, 0.3) is 0 Å². The highest BCUT2D eigenvalue weighted by Crippen LogP contribution is 2.16. The maximum Gasteiger partial charge on any atom is 0.255 e. The van der Waals surface area contributed by atoms with Gasteiger partial charge in [-0.1, -0.05) is 39.0 Å². The highest BCUT2D eigenvalue weighted by molar-refractivity contribution is 6.00. The highest BCUT2D eigenvalue weighted by atomic mass is 16.3. The van der Waals surface area contributed by atoms with E-state index in [0.717, 1.165) is 5.56 Å². The Bertz CT molecular complexity index is 1120. The Morgan fingerprint density at radius 1 is 0.846 bits per heavy atom. The zero-order chi connectivity index (χ0) is 29.1. The molecule has 212 valence electrons. The number of carbonyl (C=O) groups excluding carboxylic acids is 4. The van der Waals surface area contributed by atoms with Crippen molar-refractivity contribution in [1.29, 1.82) is 0 Å². The minimum absolute atomic E-state index is 0.0244. The van der Waals surface area contributed by atoms with Gasteiger partial charge in [-0.25, -0.2) is 0 Å². The number of nitrogens with one attached hydrogen (secondary N) is 4. The van der Waals surface area contributed by atoms with Gasteiger partial charge in [0.15, 0.2) is 0 Å². The molecule has 0 fully saturated rings. The third-order valence-electron chi connectivity index (χ3n) is 6.41. The van der Waals surface area contributed by atoms with Crippen molar-refractivity contribution in [3.8, 4) is 5.75 Å². The molecule has 39 heavy (non-hydrogen) atoms. The van der Waals surface area contributed by atoms with Crippen molar-refractivity contribution < 1.29 is 29.4 Å². The molecule has 1 heterocycles. The van der Waals surface area contributed by atoms with Crippen molar-refractivity contribution in [3.05, 3.63) is 59.9 Å². The van der Waals surface area contributed by atoms with Crippen LogP contribution in [0.4, 0.5) is 0 Å². The van der Waals surface area contributed by atoms with Gasteiger partial charge in [0.2, 0.25) is 17.7 Å². The van der Waals surface area contributed by atoms with Crippen LogP contribution in [0.1, 0.15) is 50.5 Å². The molecule has 4 amide bonds. The van der Waals surface area contributed by atoms with Crippen LogP contribution in [0.5, 0.6) is 5.75 Å². The van der Waals surface area contributed by atoms with Gasteiger partial charge in [0.1, 0.15) is 17.8 Å². The number of rotatable bonds is 13. The van der Waals surface area contributed by atoms with Crippen molar-refractivity contribution in [2.75, 3.05) is 6.54 Å². The van der Waals surface area contributed by atoms with Gasteiger partial charge in [-0.15, -0.1) is 0 Å². The quantitative estimate of drug-likeness (QED) is 0.219. The number of aromatic hydroxyl groups is 1. The Morgan fingerprint density at radius 2 is 1.54 bits per heavy atom. The molecule has 6 N–H and O–H groups in total. The molecule has 2 aromatic rings. The van der Waals surface area contributed by atoms with Gasteiger partial charge in [-0.3, -0.25) is 24.2 Å². The molecule has 2 rings (SSSR count). The van der Waals surface area contributed by atoms with Crippen molar-refractivity contribution in [2.24, 2.45) is 11.8 Å². The van der Waals surface area contributed by atoms with E-state index in [-0.39, 0.29) is 23.8 Å². The Kier molecular flexibility index (Phi) is 11.9. The summed E-state index contributed by atoms with van der Waals surface area (Å²) in [5.74, 6) is -3.54. The first-order chi connectivity index (χ1) is 18.4. The Hall–Kier alpha value is -3.99. The molecule has 0 bridgehead atoms. The van der Waals surface area contributed by atoms with Gasteiger partial charge in [-0.05, 0) is 49.9 Å². The molecule has 0 aliphatic rings. The second-order valence-electron chi connectivity index (χ2n) is 9.93. The van der Waals surface area contributed by atoms with E-state index in [1.807, 2.05) is 6.07 Å². The number of para-hydroxylation sites is 1. The van der Waals surface area contributed by atoms with Gasteiger partial charge in [0.05, 0.1) is 23.6 Å². The number of aliphatic hydroxyl groups is 1. The maximum absolute atomic E-state index is 13.2. The average molecular weight is 542 g/mol. The Balaban J connectivity index is 2.18. The van der Waals surface area contributed by atoms with Gasteiger partial charge < -0.3 is 31.5 Å². The SMILES string of the molecule is CC(C)C(NC(=O)C(C)C(C)O)C(=O)NC(C)C(NC(=O)c1ccccc1O)C(=O)NCCc1cccnc1. The van der Waals surface area contributed by atoms with Gasteiger partial charge in [0.25, 0.3) is 5.91 Å². The van der Waals surface area contributed by atoms with Crippen LogP contribution in [0.3, 0.4) is 0 Å². The van der Waals surface area contributed by atoms with Crippen LogP contribution in [-0.4, -0.2) is 69.6 Å². The molecule has 5 atom stereocenters. The van der Waals surface area contributed by atoms with Crippen LogP contribution in [0.15, 0.2) is 48.8 Å². The normalized spacial score (nSPS) is 14.8. The monoisotopic (exact) mass is 541 g/mol. The lowest BCUT2D eigenvalue weighted by atomic mass is 9.99. The van der Waals surface area contributed by atoms with E-state index in [2.05, 4.69) is 26.3 Å². The van der Waals surface area contributed by atoms with E-state index in [0.29, 0.717) is 6.42 Å². The predicted octanol–water partition coefficient (Wildman–Crippen LogP) is 0.907. The fourth-order valence-corrected chi connectivity index (χ4v) is 3.72. The molecular weight excluding hydrogens is 502 g/mol. The Labute approximate surface area is 228 Å². The molecule has 0 radical (unpaired) electrons. The van der Waals surface area contributed by atoms with Gasteiger partial charge in [0, 0.05) is 18.9 Å². The average Bonchev–Trinajstić information content (AvgIpc) is 2.89. The summed E-state index contributed by atoms with van der Waals surface area (Å²) in [7, 11) is 0. The number of hydrogen-bond acceptors (Lipinski definition) is 7.